The van der Waals surface area contributed by atoms with Gasteiger partial charge in [0.1, 0.15) is 11.7 Å². The maximum atomic E-state index is 13.4. The number of aryl methyl sites for hydroxylation is 1. The molecule has 0 spiro atoms. The van der Waals surface area contributed by atoms with Crippen molar-refractivity contribution in [2.24, 2.45) is 10.7 Å². The third-order valence-electron chi connectivity index (χ3n) is 6.93. The average Bonchev–Trinajstić information content (AvgIpc) is 3.14. The third-order valence-corrected chi connectivity index (χ3v) is 6.93. The number of amidine groups is 1. The second-order valence-corrected chi connectivity index (χ2v) is 10.3. The Morgan fingerprint density at radius 1 is 1.02 bits per heavy atom. The van der Waals surface area contributed by atoms with E-state index in [1.807, 2.05) is 66.4 Å². The Balaban J connectivity index is 1.66. The number of nitrogens with two attached hydrogens (primary N) is 1. The van der Waals surface area contributed by atoms with Crippen LogP contribution >= 0.6 is 0 Å². The number of aldehydes is 1. The summed E-state index contributed by atoms with van der Waals surface area (Å²) in [6, 6.07) is 11.6. The third kappa shape index (κ3) is 7.33. The van der Waals surface area contributed by atoms with Crippen molar-refractivity contribution in [2.45, 2.75) is 46.6 Å². The van der Waals surface area contributed by atoms with Gasteiger partial charge in [0.05, 0.1) is 12.2 Å². The highest BCUT2D eigenvalue weighted by molar-refractivity contribution is 6.06. The maximum Gasteiger partial charge on any atom is 0.250 e. The molecule has 2 N–H and O–H groups in total. The van der Waals surface area contributed by atoms with Crippen molar-refractivity contribution < 1.29 is 9.59 Å². The van der Waals surface area contributed by atoms with Crippen LogP contribution in [0.5, 0.6) is 0 Å². The summed E-state index contributed by atoms with van der Waals surface area (Å²) in [5.41, 5.74) is 12.9. The second-order valence-electron chi connectivity index (χ2n) is 10.3. The Bertz CT molecular complexity index is 1490. The Morgan fingerprint density at radius 2 is 1.76 bits per heavy atom. The predicted octanol–water partition coefficient (Wildman–Crippen LogP) is 5.79. The summed E-state index contributed by atoms with van der Waals surface area (Å²) < 4.78 is 0. The monoisotopic (exact) mass is 550 g/mol. The van der Waals surface area contributed by atoms with Gasteiger partial charge >= 0.3 is 0 Å². The van der Waals surface area contributed by atoms with Crippen molar-refractivity contribution in [3.8, 4) is 11.1 Å². The first-order chi connectivity index (χ1) is 19.8. The first kappa shape index (κ1) is 29.4. The molecule has 0 atom stereocenters. The molecular weight excluding hydrogens is 512 g/mol. The van der Waals surface area contributed by atoms with Crippen molar-refractivity contribution in [1.29, 1.82) is 0 Å². The lowest BCUT2D eigenvalue weighted by molar-refractivity contribution is -0.127. The number of rotatable bonds is 11. The number of hydrogen-bond acceptors (Lipinski definition) is 7. The van der Waals surface area contributed by atoms with Crippen LogP contribution in [-0.2, 0) is 11.3 Å². The molecule has 1 amide bonds. The van der Waals surface area contributed by atoms with Gasteiger partial charge in [-0.2, -0.15) is 0 Å². The summed E-state index contributed by atoms with van der Waals surface area (Å²) >= 11 is 0. The van der Waals surface area contributed by atoms with Gasteiger partial charge in [0.25, 0.3) is 0 Å². The van der Waals surface area contributed by atoms with Crippen LogP contribution in [0.2, 0.25) is 0 Å². The Labute approximate surface area is 242 Å². The normalized spacial score (nSPS) is 12.8. The summed E-state index contributed by atoms with van der Waals surface area (Å²) in [5, 5.41) is 0. The number of amides is 1. The number of aromatic nitrogens is 2. The summed E-state index contributed by atoms with van der Waals surface area (Å²) in [6.07, 6.45) is 12.2. The van der Waals surface area contributed by atoms with E-state index in [1.165, 1.54) is 0 Å². The molecule has 0 saturated heterocycles. The molecule has 8 nitrogen and oxygen atoms in total. The van der Waals surface area contributed by atoms with Gasteiger partial charge in [-0.15, -0.1) is 0 Å². The fourth-order valence-electron chi connectivity index (χ4n) is 4.94. The van der Waals surface area contributed by atoms with Gasteiger partial charge in [-0.3, -0.25) is 9.59 Å². The fraction of sp³-hybridized carbons (Fsp3) is 0.303. The Kier molecular flexibility index (Phi) is 9.79. The number of carbonyl (C=O) groups is 2. The number of benzene rings is 2. The van der Waals surface area contributed by atoms with Crippen LogP contribution < -0.4 is 5.73 Å². The molecule has 0 saturated carbocycles. The minimum absolute atomic E-state index is 0.0212. The molecule has 4 rings (SSSR count). The SMILES string of the molecule is CCCN(CCC)C(=O)C1=Cc2c(C)cc(-c3ccc(C=O)c(/C=C\N(C)Cc4ncccn4)c3)cc2N=C(N)C1. The van der Waals surface area contributed by atoms with Crippen molar-refractivity contribution in [2.75, 3.05) is 20.1 Å². The van der Waals surface area contributed by atoms with Crippen LogP contribution in [0.15, 0.2) is 65.6 Å². The highest BCUT2D eigenvalue weighted by Gasteiger charge is 2.22. The lowest BCUT2D eigenvalue weighted by atomic mass is 9.94. The quantitative estimate of drug-likeness (QED) is 0.303. The standard InChI is InChI=1S/C33H38N6O2/c1-5-13-39(14-6-2)33(41)28-18-29-23(3)16-27(19-30(29)37-31(34)20-28)24-8-9-26(22-40)25(17-24)10-15-38(4)21-32-35-11-7-12-36-32/h7-12,15-19,22H,5-6,13-14,20-21H2,1-4H3,(H2,34,37)/b15-10-. The van der Waals surface area contributed by atoms with Gasteiger partial charge in [0, 0.05) is 55.7 Å². The van der Waals surface area contributed by atoms with E-state index < -0.39 is 0 Å². The van der Waals surface area contributed by atoms with Crippen LogP contribution in [0.1, 0.15) is 66.0 Å². The predicted molar refractivity (Wildman–Crippen MR) is 166 cm³/mol. The number of hydrogen-bond donors (Lipinski definition) is 1. The van der Waals surface area contributed by atoms with Crippen molar-refractivity contribution in [3.05, 3.63) is 88.6 Å². The molecule has 0 bridgehead atoms. The van der Waals surface area contributed by atoms with Crippen LogP contribution in [0.3, 0.4) is 0 Å². The van der Waals surface area contributed by atoms with Crippen LogP contribution in [0.4, 0.5) is 5.69 Å². The van der Waals surface area contributed by atoms with E-state index in [2.05, 4.69) is 29.9 Å². The summed E-state index contributed by atoms with van der Waals surface area (Å²) in [7, 11) is 1.94. The van der Waals surface area contributed by atoms with Crippen molar-refractivity contribution in [1.82, 2.24) is 19.8 Å². The molecule has 8 heteroatoms. The average molecular weight is 551 g/mol. The summed E-state index contributed by atoms with van der Waals surface area (Å²) in [4.78, 5) is 42.3. The minimum atomic E-state index is 0.0212. The highest BCUT2D eigenvalue weighted by atomic mass is 16.2. The number of fused-ring (bicyclic) bond motifs is 1. The zero-order valence-corrected chi connectivity index (χ0v) is 24.3. The largest absolute Gasteiger partial charge is 0.387 e. The number of carbonyl (C=O) groups excluding carboxylic acids is 2. The van der Waals surface area contributed by atoms with E-state index in [0.29, 0.717) is 35.8 Å². The van der Waals surface area contributed by atoms with E-state index in [0.717, 1.165) is 65.7 Å². The maximum absolute atomic E-state index is 13.4. The molecule has 1 aliphatic rings. The van der Waals surface area contributed by atoms with Crippen molar-refractivity contribution in [3.63, 3.8) is 0 Å². The summed E-state index contributed by atoms with van der Waals surface area (Å²) in [5.74, 6) is 1.15. The molecule has 3 aromatic rings. The highest BCUT2D eigenvalue weighted by Crippen LogP contribution is 2.35. The second kappa shape index (κ2) is 13.7. The molecule has 0 fully saturated rings. The van der Waals surface area contributed by atoms with Gasteiger partial charge in [-0.1, -0.05) is 32.0 Å². The van der Waals surface area contributed by atoms with E-state index in [-0.39, 0.29) is 5.91 Å². The van der Waals surface area contributed by atoms with E-state index >= 15 is 0 Å². The van der Waals surface area contributed by atoms with Crippen LogP contribution in [0.25, 0.3) is 23.3 Å². The first-order valence-corrected chi connectivity index (χ1v) is 14.0. The smallest absolute Gasteiger partial charge is 0.250 e. The molecule has 1 aliphatic heterocycles. The van der Waals surface area contributed by atoms with Gasteiger partial charge in [0.15, 0.2) is 6.29 Å². The minimum Gasteiger partial charge on any atom is -0.387 e. The van der Waals surface area contributed by atoms with Crippen LogP contribution in [-0.4, -0.2) is 57.9 Å². The zero-order valence-electron chi connectivity index (χ0n) is 24.3. The van der Waals surface area contributed by atoms with Gasteiger partial charge in [0.2, 0.25) is 5.91 Å². The zero-order chi connectivity index (χ0) is 29.4. The fourth-order valence-corrected chi connectivity index (χ4v) is 4.94. The Morgan fingerprint density at radius 3 is 2.44 bits per heavy atom. The topological polar surface area (TPSA) is 105 Å². The molecule has 1 aromatic heterocycles. The molecule has 0 aliphatic carbocycles. The molecule has 41 heavy (non-hydrogen) atoms. The Hall–Kier alpha value is -4.59. The van der Waals surface area contributed by atoms with Crippen molar-refractivity contribution >= 4 is 35.9 Å². The molecular formula is C33H38N6O2. The van der Waals surface area contributed by atoms with Crippen LogP contribution in [0, 0.1) is 6.92 Å². The lowest BCUT2D eigenvalue weighted by Gasteiger charge is -2.22. The number of nitrogens with zero attached hydrogens (tertiary/aromatic N) is 5. The van der Waals surface area contributed by atoms with Gasteiger partial charge < -0.3 is 15.5 Å². The van der Waals surface area contributed by atoms with Gasteiger partial charge in [-0.25, -0.2) is 15.0 Å². The van der Waals surface area contributed by atoms with Gasteiger partial charge in [-0.05, 0) is 78.6 Å². The molecule has 0 unspecified atom stereocenters. The van der Waals surface area contributed by atoms with E-state index in [1.54, 1.807) is 18.5 Å². The molecule has 212 valence electrons. The van der Waals surface area contributed by atoms with E-state index in [9.17, 15) is 9.59 Å². The summed E-state index contributed by atoms with van der Waals surface area (Å²) in [6.45, 7) is 8.16. The number of aliphatic imine (C=N–C) groups is 1. The molecule has 2 heterocycles. The van der Waals surface area contributed by atoms with E-state index in [4.69, 9.17) is 10.7 Å². The molecule has 2 aromatic carbocycles. The lowest BCUT2D eigenvalue weighted by Crippen LogP contribution is -2.34. The first-order valence-electron chi connectivity index (χ1n) is 14.0. The molecule has 0 radical (unpaired) electrons.